The predicted octanol–water partition coefficient (Wildman–Crippen LogP) is 3.57. The molecule has 8 nitrogen and oxygen atoms in total. The maximum absolute atomic E-state index is 11.9. The van der Waals surface area contributed by atoms with Crippen molar-refractivity contribution < 1.29 is 16.8 Å². The number of anilines is 1. The number of sulfonamides is 1. The summed E-state index contributed by atoms with van der Waals surface area (Å²) in [7, 11) is -7.10. The number of aromatic nitrogens is 3. The molecule has 4 rings (SSSR count). The number of thiazole rings is 1. The van der Waals surface area contributed by atoms with Crippen LogP contribution in [0.25, 0.3) is 21.8 Å². The summed E-state index contributed by atoms with van der Waals surface area (Å²) in [6.45, 7) is 0. The first-order valence-corrected chi connectivity index (χ1v) is 13.8. The second-order valence-corrected chi connectivity index (χ2v) is 12.1. The summed E-state index contributed by atoms with van der Waals surface area (Å²) < 4.78 is 49.5. The molecule has 1 aliphatic rings. The second kappa shape index (κ2) is 7.56. The molecule has 0 unspecified atom stereocenters. The third-order valence-electron chi connectivity index (χ3n) is 4.32. The highest BCUT2D eigenvalue weighted by molar-refractivity contribution is 7.92. The van der Waals surface area contributed by atoms with Gasteiger partial charge in [0.25, 0.3) is 0 Å². The number of nitrogens with one attached hydrogen (secondary N) is 1. The van der Waals surface area contributed by atoms with Gasteiger partial charge in [0.15, 0.2) is 0 Å². The van der Waals surface area contributed by atoms with Gasteiger partial charge < -0.3 is 0 Å². The van der Waals surface area contributed by atoms with E-state index in [-0.39, 0.29) is 15.9 Å². The minimum atomic E-state index is -3.58. The summed E-state index contributed by atoms with van der Waals surface area (Å²) in [6.07, 6.45) is 5.56. The minimum Gasteiger partial charge on any atom is -0.282 e. The topological polar surface area (TPSA) is 119 Å². The summed E-state index contributed by atoms with van der Waals surface area (Å²) in [5, 5.41) is 0.845. The Morgan fingerprint density at radius 2 is 1.83 bits per heavy atom. The van der Waals surface area contributed by atoms with E-state index in [9.17, 15) is 16.8 Å². The Kier molecular flexibility index (Phi) is 5.33. The number of rotatable bonds is 6. The molecule has 1 N–H and O–H groups in total. The Balaban J connectivity index is 1.89. The van der Waals surface area contributed by atoms with Gasteiger partial charge >= 0.3 is 0 Å². The molecule has 0 atom stereocenters. The summed E-state index contributed by atoms with van der Waals surface area (Å²) in [6, 6.07) is 6.60. The van der Waals surface area contributed by atoms with Crippen LogP contribution >= 0.6 is 22.9 Å². The van der Waals surface area contributed by atoms with Gasteiger partial charge in [-0.15, -0.1) is 11.3 Å². The molecule has 0 aliphatic heterocycles. The van der Waals surface area contributed by atoms with Gasteiger partial charge in [0, 0.05) is 23.9 Å². The van der Waals surface area contributed by atoms with E-state index in [0.717, 1.165) is 30.4 Å². The van der Waals surface area contributed by atoms with E-state index >= 15 is 0 Å². The molecule has 3 aromatic rings. The monoisotopic (exact) mass is 484 g/mol. The Bertz CT molecular complexity index is 1350. The van der Waals surface area contributed by atoms with Crippen LogP contribution < -0.4 is 4.72 Å². The van der Waals surface area contributed by atoms with Crippen LogP contribution in [0.15, 0.2) is 35.6 Å². The molecule has 1 aromatic carbocycles. The Morgan fingerprint density at radius 1 is 1.10 bits per heavy atom. The molecule has 1 fully saturated rings. The van der Waals surface area contributed by atoms with E-state index in [1.54, 1.807) is 24.3 Å². The van der Waals surface area contributed by atoms with Crippen molar-refractivity contribution in [3.63, 3.8) is 0 Å². The van der Waals surface area contributed by atoms with Crippen LogP contribution in [0.2, 0.25) is 5.02 Å². The van der Waals surface area contributed by atoms with Crippen molar-refractivity contribution in [1.29, 1.82) is 0 Å². The molecule has 0 spiro atoms. The van der Waals surface area contributed by atoms with Crippen LogP contribution in [-0.2, 0) is 19.9 Å². The molecule has 1 saturated carbocycles. The van der Waals surface area contributed by atoms with Crippen molar-refractivity contribution in [2.24, 2.45) is 0 Å². The van der Waals surface area contributed by atoms with E-state index in [2.05, 4.69) is 14.7 Å². The Labute approximate surface area is 183 Å². The van der Waals surface area contributed by atoms with Gasteiger partial charge in [-0.1, -0.05) is 23.7 Å². The van der Waals surface area contributed by atoms with E-state index in [1.807, 2.05) is 0 Å². The predicted molar refractivity (Wildman–Crippen MR) is 117 cm³/mol. The lowest BCUT2D eigenvalue weighted by Gasteiger charge is -2.10. The van der Waals surface area contributed by atoms with Gasteiger partial charge in [0.2, 0.25) is 25.0 Å². The lowest BCUT2D eigenvalue weighted by molar-refractivity contribution is 0.593. The average molecular weight is 485 g/mol. The molecular weight excluding hydrogens is 468 g/mol. The third-order valence-corrected chi connectivity index (χ3v) is 7.42. The van der Waals surface area contributed by atoms with Crippen molar-refractivity contribution in [3.8, 4) is 21.8 Å². The lowest BCUT2D eigenvalue weighted by atomic mass is 10.1. The highest BCUT2D eigenvalue weighted by Crippen LogP contribution is 2.48. The summed E-state index contributed by atoms with van der Waals surface area (Å²) in [5.41, 5.74) is 1.72. The summed E-state index contributed by atoms with van der Waals surface area (Å²) >= 11 is 7.96. The van der Waals surface area contributed by atoms with Crippen LogP contribution in [-0.4, -0.2) is 44.3 Å². The van der Waals surface area contributed by atoms with Gasteiger partial charge in [-0.05, 0) is 25.0 Å². The highest BCUT2D eigenvalue weighted by Gasteiger charge is 2.30. The maximum Gasteiger partial charge on any atom is 0.247 e. The number of benzene rings is 1. The molecule has 0 amide bonds. The summed E-state index contributed by atoms with van der Waals surface area (Å²) in [5.74, 6) is 0.356. The molecule has 1 aliphatic carbocycles. The van der Waals surface area contributed by atoms with Gasteiger partial charge in [-0.2, -0.15) is 0 Å². The van der Waals surface area contributed by atoms with Crippen LogP contribution in [0.4, 0.5) is 5.69 Å². The molecule has 2 aromatic heterocycles. The molecule has 12 heteroatoms. The van der Waals surface area contributed by atoms with Gasteiger partial charge in [-0.3, -0.25) is 4.72 Å². The van der Waals surface area contributed by atoms with Crippen molar-refractivity contribution in [3.05, 3.63) is 40.5 Å². The van der Waals surface area contributed by atoms with E-state index in [1.165, 1.54) is 17.5 Å². The van der Waals surface area contributed by atoms with Crippen LogP contribution in [0.3, 0.4) is 0 Å². The van der Waals surface area contributed by atoms with Crippen LogP contribution in [0.1, 0.15) is 23.8 Å². The zero-order chi connectivity index (χ0) is 21.7. The normalized spacial score (nSPS) is 14.6. The van der Waals surface area contributed by atoms with Gasteiger partial charge in [0.05, 0.1) is 38.2 Å². The van der Waals surface area contributed by atoms with E-state index in [4.69, 9.17) is 16.6 Å². The fourth-order valence-corrected chi connectivity index (χ4v) is 5.46. The molecule has 2 heterocycles. The molecule has 30 heavy (non-hydrogen) atoms. The van der Waals surface area contributed by atoms with Crippen LogP contribution in [0.5, 0.6) is 0 Å². The molecule has 0 saturated heterocycles. The minimum absolute atomic E-state index is 0.203. The largest absolute Gasteiger partial charge is 0.282 e. The quantitative estimate of drug-likeness (QED) is 0.531. The van der Waals surface area contributed by atoms with E-state index in [0.29, 0.717) is 27.7 Å². The average Bonchev–Trinajstić information content (AvgIpc) is 3.41. The van der Waals surface area contributed by atoms with E-state index < -0.39 is 19.9 Å². The van der Waals surface area contributed by atoms with Crippen molar-refractivity contribution in [1.82, 2.24) is 15.0 Å². The maximum atomic E-state index is 11.9. The first-order valence-electron chi connectivity index (χ1n) is 8.84. The zero-order valence-electron chi connectivity index (χ0n) is 16.0. The first kappa shape index (κ1) is 21.2. The lowest BCUT2D eigenvalue weighted by Crippen LogP contribution is -2.10. The number of hydrogen-bond acceptors (Lipinski definition) is 8. The van der Waals surface area contributed by atoms with Crippen molar-refractivity contribution in [2.45, 2.75) is 23.9 Å². The molecule has 0 radical (unpaired) electrons. The Hall–Kier alpha value is -2.08. The first-order chi connectivity index (χ1) is 14.0. The molecule has 0 bridgehead atoms. The second-order valence-electron chi connectivity index (χ2n) is 7.04. The van der Waals surface area contributed by atoms with Crippen LogP contribution in [0, 0.1) is 0 Å². The fourth-order valence-electron chi connectivity index (χ4n) is 2.84. The van der Waals surface area contributed by atoms with Crippen molar-refractivity contribution >= 4 is 48.5 Å². The van der Waals surface area contributed by atoms with Crippen molar-refractivity contribution in [2.75, 3.05) is 17.2 Å². The van der Waals surface area contributed by atoms with Gasteiger partial charge in [-0.25, -0.2) is 31.8 Å². The molecular formula is C18H17ClN4O4S3. The standard InChI is InChI=1S/C18H17ClN4O4S3/c1-29(24,25)18-20-9-8-13(21-18)16-15(22-17(28-16)10-6-7-10)11-4-3-5-12(14(11)19)23-30(2,26)27/h3-5,8-10,23H,6-7H2,1-2H3. The molecule has 158 valence electrons. The smallest absolute Gasteiger partial charge is 0.247 e. The number of hydrogen-bond donors (Lipinski definition) is 1. The Morgan fingerprint density at radius 3 is 2.47 bits per heavy atom. The SMILES string of the molecule is CS(=O)(=O)Nc1cccc(-c2nc(C3CC3)sc2-c2ccnc(S(C)(=O)=O)n2)c1Cl. The number of nitrogens with zero attached hydrogens (tertiary/aromatic N) is 3. The van der Waals surface area contributed by atoms with Gasteiger partial charge in [0.1, 0.15) is 0 Å². The highest BCUT2D eigenvalue weighted by atomic mass is 35.5. The summed E-state index contributed by atoms with van der Waals surface area (Å²) in [4.78, 5) is 13.5. The fraction of sp³-hybridized carbons (Fsp3) is 0.278. The number of sulfone groups is 1. The third kappa shape index (κ3) is 4.48. The zero-order valence-corrected chi connectivity index (χ0v) is 19.2. The number of halogens is 1.